The summed E-state index contributed by atoms with van der Waals surface area (Å²) in [5.74, 6) is 0.765. The molecule has 3 aromatic rings. The molecule has 0 bridgehead atoms. The van der Waals surface area contributed by atoms with Gasteiger partial charge in [0.2, 0.25) is 0 Å². The predicted molar refractivity (Wildman–Crippen MR) is 80.3 cm³/mol. The highest BCUT2D eigenvalue weighted by atomic mass is 16.5. The Morgan fingerprint density at radius 3 is 2.43 bits per heavy atom. The van der Waals surface area contributed by atoms with E-state index in [1.54, 1.807) is 0 Å². The van der Waals surface area contributed by atoms with Crippen LogP contribution in [0.25, 0.3) is 5.69 Å². The van der Waals surface area contributed by atoms with E-state index in [1.165, 1.54) is 0 Å². The third-order valence-corrected chi connectivity index (χ3v) is 3.16. The Balaban J connectivity index is 1.64. The van der Waals surface area contributed by atoms with Crippen LogP contribution in [0.3, 0.4) is 0 Å². The molecular formula is C17H16N2O2. The number of benzene rings is 2. The number of hydrogen-bond donors (Lipinski definition) is 1. The number of para-hydroxylation sites is 1. The normalized spacial score (nSPS) is 10.5. The van der Waals surface area contributed by atoms with Crippen molar-refractivity contribution in [2.75, 3.05) is 0 Å². The summed E-state index contributed by atoms with van der Waals surface area (Å²) >= 11 is 0. The number of aliphatic hydroxyl groups is 1. The smallest absolute Gasteiger partial charge is 0.132 e. The van der Waals surface area contributed by atoms with Gasteiger partial charge in [0.15, 0.2) is 0 Å². The molecule has 0 saturated heterocycles. The molecule has 2 aromatic carbocycles. The van der Waals surface area contributed by atoms with Gasteiger partial charge < -0.3 is 9.84 Å². The lowest BCUT2D eigenvalue weighted by Gasteiger charge is -2.05. The lowest BCUT2D eigenvalue weighted by atomic mass is 10.2. The molecule has 4 heteroatoms. The van der Waals surface area contributed by atoms with E-state index < -0.39 is 0 Å². The Labute approximate surface area is 123 Å². The summed E-state index contributed by atoms with van der Waals surface area (Å²) in [7, 11) is 0. The zero-order valence-electron chi connectivity index (χ0n) is 11.5. The first-order valence-electron chi connectivity index (χ1n) is 6.78. The summed E-state index contributed by atoms with van der Waals surface area (Å²) in [4.78, 5) is 0. The second-order valence-electron chi connectivity index (χ2n) is 4.68. The summed E-state index contributed by atoms with van der Waals surface area (Å²) in [6, 6.07) is 19.3. The topological polar surface area (TPSA) is 47.3 Å². The van der Waals surface area contributed by atoms with Crippen LogP contribution in [0.5, 0.6) is 5.75 Å². The first-order valence-corrected chi connectivity index (χ1v) is 6.78. The minimum absolute atomic E-state index is 0.0434. The molecule has 0 aliphatic heterocycles. The predicted octanol–water partition coefficient (Wildman–Crippen LogP) is 2.94. The molecular weight excluding hydrogens is 264 g/mol. The number of aromatic nitrogens is 2. The van der Waals surface area contributed by atoms with Crippen LogP contribution < -0.4 is 4.74 Å². The SMILES string of the molecule is OCc1ccc(OCc2ccn(-c3ccccc3)n2)cc1. The Morgan fingerprint density at radius 2 is 1.71 bits per heavy atom. The minimum atomic E-state index is 0.0434. The van der Waals surface area contributed by atoms with E-state index in [-0.39, 0.29) is 6.61 Å². The standard InChI is InChI=1S/C17H16N2O2/c20-12-14-6-8-17(9-7-14)21-13-15-10-11-19(18-15)16-4-2-1-3-5-16/h1-11,20H,12-13H2. The van der Waals surface area contributed by atoms with Gasteiger partial charge in [-0.05, 0) is 35.9 Å². The Kier molecular flexibility index (Phi) is 3.98. The first kappa shape index (κ1) is 13.4. The molecule has 0 aliphatic rings. The molecule has 21 heavy (non-hydrogen) atoms. The highest BCUT2D eigenvalue weighted by Gasteiger charge is 2.02. The summed E-state index contributed by atoms with van der Waals surface area (Å²) in [5, 5.41) is 13.5. The van der Waals surface area contributed by atoms with Crippen molar-refractivity contribution in [3.8, 4) is 11.4 Å². The molecule has 3 rings (SSSR count). The van der Waals surface area contributed by atoms with Crippen LogP contribution in [0.2, 0.25) is 0 Å². The Morgan fingerprint density at radius 1 is 0.952 bits per heavy atom. The average molecular weight is 280 g/mol. The van der Waals surface area contributed by atoms with Crippen LogP contribution in [0.15, 0.2) is 66.9 Å². The second kappa shape index (κ2) is 6.24. The number of ether oxygens (including phenoxy) is 1. The quantitative estimate of drug-likeness (QED) is 0.781. The molecule has 0 aliphatic carbocycles. The van der Waals surface area contributed by atoms with Crippen LogP contribution in [0, 0.1) is 0 Å². The van der Waals surface area contributed by atoms with Gasteiger partial charge in [-0.15, -0.1) is 0 Å². The molecule has 106 valence electrons. The van der Waals surface area contributed by atoms with Crippen molar-refractivity contribution >= 4 is 0 Å². The summed E-state index contributed by atoms with van der Waals surface area (Å²) in [5.41, 5.74) is 2.76. The monoisotopic (exact) mass is 280 g/mol. The minimum Gasteiger partial charge on any atom is -0.487 e. The third kappa shape index (κ3) is 3.30. The maximum absolute atomic E-state index is 8.99. The molecule has 1 heterocycles. The van der Waals surface area contributed by atoms with Gasteiger partial charge in [0.05, 0.1) is 12.3 Å². The van der Waals surface area contributed by atoms with Crippen LogP contribution in [-0.2, 0) is 13.2 Å². The van der Waals surface area contributed by atoms with Gasteiger partial charge in [0.1, 0.15) is 18.1 Å². The van der Waals surface area contributed by atoms with E-state index in [1.807, 2.05) is 71.5 Å². The van der Waals surface area contributed by atoms with E-state index in [4.69, 9.17) is 9.84 Å². The van der Waals surface area contributed by atoms with E-state index in [9.17, 15) is 0 Å². The van der Waals surface area contributed by atoms with Crippen molar-refractivity contribution in [2.45, 2.75) is 13.2 Å². The van der Waals surface area contributed by atoms with Crippen LogP contribution in [0.4, 0.5) is 0 Å². The van der Waals surface area contributed by atoms with Crippen molar-refractivity contribution in [3.63, 3.8) is 0 Å². The molecule has 0 spiro atoms. The van der Waals surface area contributed by atoms with Crippen molar-refractivity contribution in [1.29, 1.82) is 0 Å². The Hall–Kier alpha value is -2.59. The highest BCUT2D eigenvalue weighted by Crippen LogP contribution is 2.14. The van der Waals surface area contributed by atoms with Crippen molar-refractivity contribution in [3.05, 3.63) is 78.1 Å². The number of rotatable bonds is 5. The number of aliphatic hydroxyl groups excluding tert-OH is 1. The van der Waals surface area contributed by atoms with Gasteiger partial charge in [-0.25, -0.2) is 4.68 Å². The van der Waals surface area contributed by atoms with E-state index in [2.05, 4.69) is 5.10 Å². The number of hydrogen-bond acceptors (Lipinski definition) is 3. The molecule has 4 nitrogen and oxygen atoms in total. The van der Waals surface area contributed by atoms with Crippen molar-refractivity contribution in [1.82, 2.24) is 9.78 Å². The molecule has 0 saturated carbocycles. The van der Waals surface area contributed by atoms with Crippen molar-refractivity contribution in [2.24, 2.45) is 0 Å². The van der Waals surface area contributed by atoms with Crippen LogP contribution in [-0.4, -0.2) is 14.9 Å². The highest BCUT2D eigenvalue weighted by molar-refractivity contribution is 5.30. The molecule has 0 unspecified atom stereocenters. The van der Waals surface area contributed by atoms with Crippen LogP contribution in [0.1, 0.15) is 11.3 Å². The fourth-order valence-corrected chi connectivity index (χ4v) is 2.01. The summed E-state index contributed by atoms with van der Waals surface area (Å²) in [6.45, 7) is 0.458. The Bertz CT molecular complexity index is 690. The molecule has 0 atom stereocenters. The van der Waals surface area contributed by atoms with Crippen LogP contribution >= 0.6 is 0 Å². The van der Waals surface area contributed by atoms with Gasteiger partial charge in [0.25, 0.3) is 0 Å². The molecule has 1 N–H and O–H groups in total. The third-order valence-electron chi connectivity index (χ3n) is 3.16. The van der Waals surface area contributed by atoms with E-state index in [0.717, 1.165) is 22.7 Å². The zero-order chi connectivity index (χ0) is 14.5. The fourth-order valence-electron chi connectivity index (χ4n) is 2.01. The van der Waals surface area contributed by atoms with Gasteiger partial charge in [-0.3, -0.25) is 0 Å². The molecule has 0 fully saturated rings. The van der Waals surface area contributed by atoms with Gasteiger partial charge in [0, 0.05) is 6.20 Å². The lowest BCUT2D eigenvalue weighted by Crippen LogP contribution is -1.99. The van der Waals surface area contributed by atoms with E-state index >= 15 is 0 Å². The second-order valence-corrected chi connectivity index (χ2v) is 4.68. The number of nitrogens with zero attached hydrogens (tertiary/aromatic N) is 2. The van der Waals surface area contributed by atoms with Gasteiger partial charge >= 0.3 is 0 Å². The van der Waals surface area contributed by atoms with E-state index in [0.29, 0.717) is 6.61 Å². The summed E-state index contributed by atoms with van der Waals surface area (Å²) < 4.78 is 7.51. The fraction of sp³-hybridized carbons (Fsp3) is 0.118. The maximum atomic E-state index is 8.99. The first-order chi connectivity index (χ1) is 10.3. The van der Waals surface area contributed by atoms with Crippen molar-refractivity contribution < 1.29 is 9.84 Å². The summed E-state index contributed by atoms with van der Waals surface area (Å²) in [6.07, 6.45) is 1.92. The van der Waals surface area contributed by atoms with Gasteiger partial charge in [-0.2, -0.15) is 5.10 Å². The maximum Gasteiger partial charge on any atom is 0.132 e. The zero-order valence-corrected chi connectivity index (χ0v) is 11.5. The molecule has 0 amide bonds. The van der Waals surface area contributed by atoms with Gasteiger partial charge in [-0.1, -0.05) is 30.3 Å². The molecule has 1 aromatic heterocycles. The largest absolute Gasteiger partial charge is 0.487 e. The lowest BCUT2D eigenvalue weighted by molar-refractivity contribution is 0.280. The average Bonchev–Trinajstić information content (AvgIpc) is 3.03. The molecule has 0 radical (unpaired) electrons.